The summed E-state index contributed by atoms with van der Waals surface area (Å²) >= 11 is 0. The number of hydrogen-bond donors (Lipinski definition) is 1. The van der Waals surface area contributed by atoms with E-state index in [2.05, 4.69) is 4.90 Å². The summed E-state index contributed by atoms with van der Waals surface area (Å²) in [5, 5.41) is 9.39. The Morgan fingerprint density at radius 1 is 1.23 bits per heavy atom. The molecule has 0 bridgehead atoms. The first-order chi connectivity index (χ1) is 10.5. The minimum Gasteiger partial charge on any atom is -0.392 e. The van der Waals surface area contributed by atoms with Gasteiger partial charge in [-0.25, -0.2) is 4.39 Å². The van der Waals surface area contributed by atoms with Gasteiger partial charge in [0.15, 0.2) is 0 Å². The Hall–Kier alpha value is -1.46. The fourth-order valence-corrected chi connectivity index (χ4v) is 2.93. The van der Waals surface area contributed by atoms with Gasteiger partial charge in [0.2, 0.25) is 5.91 Å². The number of carbonyl (C=O) groups excluding carboxylic acids is 1. The van der Waals surface area contributed by atoms with E-state index >= 15 is 0 Å². The number of benzene rings is 1. The van der Waals surface area contributed by atoms with Gasteiger partial charge in [0, 0.05) is 39.1 Å². The summed E-state index contributed by atoms with van der Waals surface area (Å²) in [7, 11) is 0. The summed E-state index contributed by atoms with van der Waals surface area (Å²) in [6.45, 7) is 7.22. The number of amides is 1. The molecule has 2 unspecified atom stereocenters. The van der Waals surface area contributed by atoms with Crippen LogP contribution in [0.15, 0.2) is 24.3 Å². The van der Waals surface area contributed by atoms with Crippen molar-refractivity contribution in [3.05, 3.63) is 35.6 Å². The molecule has 2 rings (SSSR count). The molecule has 1 saturated heterocycles. The van der Waals surface area contributed by atoms with Crippen molar-refractivity contribution >= 4 is 5.91 Å². The third-order valence-corrected chi connectivity index (χ3v) is 4.16. The molecule has 122 valence electrons. The molecule has 0 saturated carbocycles. The Morgan fingerprint density at radius 3 is 2.45 bits per heavy atom. The van der Waals surface area contributed by atoms with E-state index in [0.29, 0.717) is 31.6 Å². The van der Waals surface area contributed by atoms with Gasteiger partial charge in [0.05, 0.1) is 6.10 Å². The number of carbonyl (C=O) groups is 1. The lowest BCUT2D eigenvalue weighted by molar-refractivity contribution is -0.133. The number of rotatable bonds is 5. The molecule has 1 fully saturated rings. The second kappa shape index (κ2) is 7.70. The Morgan fingerprint density at radius 2 is 1.86 bits per heavy atom. The summed E-state index contributed by atoms with van der Waals surface area (Å²) in [4.78, 5) is 16.4. The third-order valence-electron chi connectivity index (χ3n) is 4.16. The first kappa shape index (κ1) is 16.9. The maximum absolute atomic E-state index is 13.8. The van der Waals surface area contributed by atoms with Crippen molar-refractivity contribution in [2.24, 2.45) is 0 Å². The number of hydrogen-bond acceptors (Lipinski definition) is 3. The van der Waals surface area contributed by atoms with Crippen molar-refractivity contribution < 1.29 is 14.3 Å². The van der Waals surface area contributed by atoms with E-state index in [-0.39, 0.29) is 23.7 Å². The van der Waals surface area contributed by atoms with Crippen LogP contribution in [0.25, 0.3) is 0 Å². The lowest BCUT2D eigenvalue weighted by Crippen LogP contribution is -2.50. The topological polar surface area (TPSA) is 43.8 Å². The lowest BCUT2D eigenvalue weighted by Gasteiger charge is -2.35. The Balaban J connectivity index is 1.84. The lowest BCUT2D eigenvalue weighted by atomic mass is 9.96. The highest BCUT2D eigenvalue weighted by molar-refractivity contribution is 5.77. The van der Waals surface area contributed by atoms with E-state index in [1.54, 1.807) is 25.1 Å². The molecule has 1 amide bonds. The quantitative estimate of drug-likeness (QED) is 0.903. The molecule has 22 heavy (non-hydrogen) atoms. The maximum Gasteiger partial charge on any atom is 0.223 e. The van der Waals surface area contributed by atoms with Crippen LogP contribution in [-0.2, 0) is 4.79 Å². The third kappa shape index (κ3) is 4.52. The largest absolute Gasteiger partial charge is 0.392 e. The van der Waals surface area contributed by atoms with Crippen molar-refractivity contribution in [2.45, 2.75) is 32.3 Å². The number of β-amino-alcohol motifs (C(OH)–C–C–N with tert-alkyl or cyclic N) is 1. The second-order valence-electron chi connectivity index (χ2n) is 6.16. The van der Waals surface area contributed by atoms with Crippen LogP contribution in [0, 0.1) is 5.82 Å². The number of halogens is 1. The highest BCUT2D eigenvalue weighted by Gasteiger charge is 2.23. The van der Waals surface area contributed by atoms with Gasteiger partial charge >= 0.3 is 0 Å². The van der Waals surface area contributed by atoms with Gasteiger partial charge in [-0.2, -0.15) is 0 Å². The highest BCUT2D eigenvalue weighted by atomic mass is 19.1. The fourth-order valence-electron chi connectivity index (χ4n) is 2.93. The van der Waals surface area contributed by atoms with E-state index < -0.39 is 0 Å². The molecule has 1 heterocycles. The molecular weight excluding hydrogens is 283 g/mol. The normalized spacial score (nSPS) is 19.0. The Labute approximate surface area is 131 Å². The van der Waals surface area contributed by atoms with Crippen molar-refractivity contribution in [1.82, 2.24) is 9.80 Å². The minimum atomic E-state index is -0.344. The Kier molecular flexibility index (Phi) is 5.91. The van der Waals surface area contributed by atoms with Crippen molar-refractivity contribution in [1.29, 1.82) is 0 Å². The molecule has 0 spiro atoms. The predicted octanol–water partition coefficient (Wildman–Crippen LogP) is 1.84. The van der Waals surface area contributed by atoms with E-state index in [9.17, 15) is 14.3 Å². The molecule has 5 heteroatoms. The second-order valence-corrected chi connectivity index (χ2v) is 6.16. The van der Waals surface area contributed by atoms with E-state index in [1.807, 2.05) is 11.8 Å². The summed E-state index contributed by atoms with van der Waals surface area (Å²) in [6, 6.07) is 6.64. The monoisotopic (exact) mass is 308 g/mol. The van der Waals surface area contributed by atoms with Crippen molar-refractivity contribution in [3.8, 4) is 0 Å². The van der Waals surface area contributed by atoms with Crippen LogP contribution < -0.4 is 0 Å². The maximum atomic E-state index is 13.8. The van der Waals surface area contributed by atoms with Gasteiger partial charge in [-0.15, -0.1) is 0 Å². The smallest absolute Gasteiger partial charge is 0.223 e. The molecule has 0 aliphatic carbocycles. The standard InChI is InChI=1S/C17H25FN2O2/c1-13(15-5-3-4-6-16(15)18)11-17(22)20-9-7-19(8-10-20)12-14(2)21/h3-6,13-14,21H,7-12H2,1-2H3. The van der Waals surface area contributed by atoms with Gasteiger partial charge in [-0.1, -0.05) is 25.1 Å². The molecule has 1 aliphatic heterocycles. The number of aliphatic hydroxyl groups is 1. The first-order valence-electron chi connectivity index (χ1n) is 7.90. The molecular formula is C17H25FN2O2. The first-order valence-corrected chi connectivity index (χ1v) is 7.90. The molecule has 4 nitrogen and oxygen atoms in total. The van der Waals surface area contributed by atoms with E-state index in [1.165, 1.54) is 6.07 Å². The van der Waals surface area contributed by atoms with Gasteiger partial charge in [-0.3, -0.25) is 9.69 Å². The number of aliphatic hydroxyl groups excluding tert-OH is 1. The van der Waals surface area contributed by atoms with Gasteiger partial charge in [0.25, 0.3) is 0 Å². The van der Waals surface area contributed by atoms with Gasteiger partial charge < -0.3 is 10.0 Å². The molecule has 0 radical (unpaired) electrons. The highest BCUT2D eigenvalue weighted by Crippen LogP contribution is 2.23. The minimum absolute atomic E-state index is 0.0763. The van der Waals surface area contributed by atoms with Crippen LogP contribution in [0.3, 0.4) is 0 Å². The zero-order valence-corrected chi connectivity index (χ0v) is 13.3. The molecule has 2 atom stereocenters. The predicted molar refractivity (Wildman–Crippen MR) is 84.1 cm³/mol. The van der Waals surface area contributed by atoms with Crippen LogP contribution >= 0.6 is 0 Å². The van der Waals surface area contributed by atoms with Crippen molar-refractivity contribution in [3.63, 3.8) is 0 Å². The summed E-state index contributed by atoms with van der Waals surface area (Å²) in [5.74, 6) is -0.291. The van der Waals surface area contributed by atoms with Crippen molar-refractivity contribution in [2.75, 3.05) is 32.7 Å². The van der Waals surface area contributed by atoms with Crippen LogP contribution in [0.2, 0.25) is 0 Å². The average molecular weight is 308 g/mol. The van der Waals surface area contributed by atoms with E-state index in [4.69, 9.17) is 0 Å². The molecule has 1 aromatic rings. The SMILES string of the molecule is CC(O)CN1CCN(C(=O)CC(C)c2ccccc2F)CC1. The van der Waals surface area contributed by atoms with Crippen LogP contribution in [0.5, 0.6) is 0 Å². The molecule has 1 aromatic carbocycles. The van der Waals surface area contributed by atoms with Crippen LogP contribution in [0.4, 0.5) is 4.39 Å². The van der Waals surface area contributed by atoms with Gasteiger partial charge in [0.1, 0.15) is 5.82 Å². The van der Waals surface area contributed by atoms with Crippen LogP contribution in [0.1, 0.15) is 31.7 Å². The average Bonchev–Trinajstić information content (AvgIpc) is 2.47. The number of nitrogens with zero attached hydrogens (tertiary/aromatic N) is 2. The fraction of sp³-hybridized carbons (Fsp3) is 0.588. The molecule has 1 aliphatic rings. The molecule has 1 N–H and O–H groups in total. The van der Waals surface area contributed by atoms with E-state index in [0.717, 1.165) is 13.1 Å². The summed E-state index contributed by atoms with van der Waals surface area (Å²) in [5.41, 5.74) is 0.601. The molecule has 0 aromatic heterocycles. The van der Waals surface area contributed by atoms with Crippen LogP contribution in [-0.4, -0.2) is 59.6 Å². The zero-order chi connectivity index (χ0) is 16.1. The summed E-state index contributed by atoms with van der Waals surface area (Å²) in [6.07, 6.45) is -0.0134. The summed E-state index contributed by atoms with van der Waals surface area (Å²) < 4.78 is 13.8. The zero-order valence-electron chi connectivity index (χ0n) is 13.3. The Bertz CT molecular complexity index is 499. The number of piperazine rings is 1. The van der Waals surface area contributed by atoms with Gasteiger partial charge in [-0.05, 0) is 24.5 Å².